The van der Waals surface area contributed by atoms with E-state index in [-0.39, 0.29) is 21.7 Å². The van der Waals surface area contributed by atoms with Crippen LogP contribution in [0.1, 0.15) is 128 Å². The summed E-state index contributed by atoms with van der Waals surface area (Å²) in [5.41, 5.74) is 22.9. The number of benzene rings is 9. The summed E-state index contributed by atoms with van der Waals surface area (Å²) in [5.74, 6) is 0. The fourth-order valence-corrected chi connectivity index (χ4v) is 12.1. The number of hydrogen-bond acceptors (Lipinski definition) is 3. The van der Waals surface area contributed by atoms with Crippen LogP contribution in [0, 0.1) is 0 Å². The minimum absolute atomic E-state index is 0.0163. The van der Waals surface area contributed by atoms with Gasteiger partial charge in [0.1, 0.15) is 11.2 Å². The molecule has 12 rings (SSSR count). The number of hydrogen-bond donors (Lipinski definition) is 0. The van der Waals surface area contributed by atoms with E-state index in [1.165, 1.54) is 66.8 Å². The molecule has 0 fully saturated rings. The highest BCUT2D eigenvalue weighted by Gasteiger charge is 2.54. The first-order chi connectivity index (χ1) is 35.2. The van der Waals surface area contributed by atoms with Gasteiger partial charge in [-0.05, 0) is 156 Å². The Balaban J connectivity index is 1.21. The first-order valence-corrected chi connectivity index (χ1v) is 26.6. The average Bonchev–Trinajstić information content (AvgIpc) is 4.07. The Bertz CT molecular complexity index is 3630. The molecule has 1 heterocycles. The maximum Gasteiger partial charge on any atom is 0.138 e. The first kappa shape index (κ1) is 47.4. The second-order valence-corrected chi connectivity index (χ2v) is 25.0. The number of anilines is 6. The summed E-state index contributed by atoms with van der Waals surface area (Å²) in [5, 5.41) is 2.20. The fourth-order valence-electron chi connectivity index (χ4n) is 12.1. The Morgan fingerprint density at radius 3 is 1.15 bits per heavy atom. The van der Waals surface area contributed by atoms with Crippen molar-refractivity contribution in [1.82, 2.24) is 0 Å². The van der Waals surface area contributed by atoms with E-state index < -0.39 is 5.41 Å². The highest BCUT2D eigenvalue weighted by atomic mass is 16.3. The van der Waals surface area contributed by atoms with E-state index in [9.17, 15) is 0 Å². The van der Waals surface area contributed by atoms with Crippen LogP contribution in [0.2, 0.25) is 0 Å². The van der Waals surface area contributed by atoms with E-state index in [0.717, 1.165) is 56.1 Å². The fraction of sp³-hybridized carbons (Fsp3) is 0.239. The smallest absolute Gasteiger partial charge is 0.138 e. The van der Waals surface area contributed by atoms with Gasteiger partial charge in [-0.1, -0.05) is 204 Å². The molecule has 0 saturated heterocycles. The predicted molar refractivity (Wildman–Crippen MR) is 314 cm³/mol. The third-order valence-corrected chi connectivity index (χ3v) is 16.1. The normalized spacial score (nSPS) is 13.8. The summed E-state index contributed by atoms with van der Waals surface area (Å²) < 4.78 is 7.08. The monoisotopic (exact) mass is 965 g/mol. The minimum Gasteiger partial charge on any atom is -0.456 e. The molecule has 1 aromatic heterocycles. The summed E-state index contributed by atoms with van der Waals surface area (Å²) >= 11 is 0. The van der Waals surface area contributed by atoms with Gasteiger partial charge in [0.15, 0.2) is 0 Å². The summed E-state index contributed by atoms with van der Waals surface area (Å²) in [6.45, 7) is 27.5. The maximum absolute atomic E-state index is 7.08. The lowest BCUT2D eigenvalue weighted by atomic mass is 9.69. The Kier molecular flexibility index (Phi) is 10.7. The topological polar surface area (TPSA) is 19.6 Å². The molecule has 9 aromatic carbocycles. The van der Waals surface area contributed by atoms with Crippen molar-refractivity contribution < 1.29 is 4.42 Å². The van der Waals surface area contributed by atoms with E-state index in [1.807, 2.05) is 0 Å². The van der Waals surface area contributed by atoms with E-state index in [0.29, 0.717) is 0 Å². The molecule has 1 spiro atoms. The van der Waals surface area contributed by atoms with Gasteiger partial charge in [-0.2, -0.15) is 0 Å². The molecule has 0 unspecified atom stereocenters. The molecule has 0 radical (unpaired) electrons. The molecule has 0 atom stereocenters. The molecule has 2 aliphatic rings. The van der Waals surface area contributed by atoms with Crippen LogP contribution >= 0.6 is 0 Å². The van der Waals surface area contributed by atoms with Gasteiger partial charge in [0.2, 0.25) is 0 Å². The SMILES string of the molecule is CC(C)(C)c1ccc(N(c2ccc(C(C)(C)C)cc2)c2ccc3c(c2)C2(c4ccccc4-c4ccccc42)c2c-3cc3oc4ccccc4c3c2N(c2ccc(C(C)(C)C)cc2)c2ccc(C(C)(C)C)cc2)cc1. The minimum atomic E-state index is -0.734. The van der Waals surface area contributed by atoms with Gasteiger partial charge < -0.3 is 14.2 Å². The van der Waals surface area contributed by atoms with Crippen LogP contribution in [-0.4, -0.2) is 0 Å². The van der Waals surface area contributed by atoms with Gasteiger partial charge in [0.05, 0.1) is 16.5 Å². The molecular weight excluding hydrogens is 897 g/mol. The van der Waals surface area contributed by atoms with E-state index in [1.54, 1.807) is 0 Å². The number of rotatable bonds is 6. The third kappa shape index (κ3) is 7.44. The summed E-state index contributed by atoms with van der Waals surface area (Å²) in [6, 6.07) is 73.7. The summed E-state index contributed by atoms with van der Waals surface area (Å²) in [7, 11) is 0. The second kappa shape index (κ2) is 16.7. The molecule has 0 bridgehead atoms. The molecular formula is C71H68N2O. The van der Waals surface area contributed by atoms with Crippen LogP contribution in [0.4, 0.5) is 34.1 Å². The van der Waals surface area contributed by atoms with E-state index in [2.05, 4.69) is 287 Å². The van der Waals surface area contributed by atoms with Crippen LogP contribution in [0.25, 0.3) is 44.2 Å². The molecule has 2 aliphatic carbocycles. The maximum atomic E-state index is 7.08. The van der Waals surface area contributed by atoms with E-state index in [4.69, 9.17) is 4.42 Å². The molecule has 3 nitrogen and oxygen atoms in total. The van der Waals surface area contributed by atoms with Crippen molar-refractivity contribution in [1.29, 1.82) is 0 Å². The molecule has 0 amide bonds. The van der Waals surface area contributed by atoms with Crippen LogP contribution in [0.15, 0.2) is 199 Å². The summed E-state index contributed by atoms with van der Waals surface area (Å²) in [4.78, 5) is 5.02. The zero-order valence-electron chi connectivity index (χ0n) is 45.3. The highest BCUT2D eigenvalue weighted by Crippen LogP contribution is 2.67. The lowest BCUT2D eigenvalue weighted by molar-refractivity contribution is 0.590. The standard InChI is InChI=1S/C71H68N2O/c1-67(2,3)45-25-33-49(34-26-45)72(50-35-27-46(28-36-50)68(4,5)6)53-41-42-56-58-44-63-64(57-21-15-18-24-62(57)74-63)66(65(58)71(61(56)43-53)59-22-16-13-19-54(59)55-20-14-17-23-60(55)71)73(51-37-29-47(30-38-51)69(7,8)9)52-39-31-48(32-40-52)70(10,11)12/h13-44H,1-12H3. The van der Waals surface area contributed by atoms with Crippen molar-refractivity contribution in [2.24, 2.45) is 0 Å². The average molecular weight is 965 g/mol. The van der Waals surface area contributed by atoms with Crippen molar-refractivity contribution in [3.05, 3.63) is 239 Å². The second-order valence-electron chi connectivity index (χ2n) is 25.0. The van der Waals surface area contributed by atoms with Crippen LogP contribution in [-0.2, 0) is 27.1 Å². The van der Waals surface area contributed by atoms with Crippen molar-refractivity contribution in [3.63, 3.8) is 0 Å². The number of fused-ring (bicyclic) bond motifs is 13. The largest absolute Gasteiger partial charge is 0.456 e. The van der Waals surface area contributed by atoms with Crippen LogP contribution in [0.5, 0.6) is 0 Å². The molecule has 3 heteroatoms. The lowest BCUT2D eigenvalue weighted by Gasteiger charge is -2.37. The van der Waals surface area contributed by atoms with Gasteiger partial charge in [0.25, 0.3) is 0 Å². The highest BCUT2D eigenvalue weighted by molar-refractivity contribution is 6.18. The van der Waals surface area contributed by atoms with Crippen molar-refractivity contribution in [2.75, 3.05) is 9.80 Å². The van der Waals surface area contributed by atoms with Gasteiger partial charge in [-0.25, -0.2) is 0 Å². The van der Waals surface area contributed by atoms with Crippen LogP contribution in [0.3, 0.4) is 0 Å². The third-order valence-electron chi connectivity index (χ3n) is 16.1. The van der Waals surface area contributed by atoms with Crippen molar-refractivity contribution >= 4 is 56.1 Å². The van der Waals surface area contributed by atoms with E-state index >= 15 is 0 Å². The van der Waals surface area contributed by atoms with Crippen molar-refractivity contribution in [3.8, 4) is 22.3 Å². The predicted octanol–water partition coefficient (Wildman–Crippen LogP) is 20.1. The number of nitrogens with zero attached hydrogens (tertiary/aromatic N) is 2. The van der Waals surface area contributed by atoms with Gasteiger partial charge >= 0.3 is 0 Å². The quantitative estimate of drug-likeness (QED) is 0.166. The Morgan fingerprint density at radius 2 is 0.703 bits per heavy atom. The Labute approximate surface area is 439 Å². The Hall–Kier alpha value is -7.62. The Morgan fingerprint density at radius 1 is 0.324 bits per heavy atom. The van der Waals surface area contributed by atoms with Gasteiger partial charge in [0, 0.05) is 39.4 Å². The number of furan rings is 1. The molecule has 0 N–H and O–H groups in total. The molecule has 0 saturated carbocycles. The molecule has 74 heavy (non-hydrogen) atoms. The number of para-hydroxylation sites is 1. The zero-order chi connectivity index (χ0) is 51.7. The van der Waals surface area contributed by atoms with Gasteiger partial charge in [-0.15, -0.1) is 0 Å². The lowest BCUT2D eigenvalue weighted by Crippen LogP contribution is -2.29. The zero-order valence-corrected chi connectivity index (χ0v) is 45.3. The molecule has 368 valence electrons. The summed E-state index contributed by atoms with van der Waals surface area (Å²) in [6.07, 6.45) is 0. The van der Waals surface area contributed by atoms with Crippen molar-refractivity contribution in [2.45, 2.75) is 110 Å². The molecule has 10 aromatic rings. The van der Waals surface area contributed by atoms with Crippen LogP contribution < -0.4 is 9.80 Å². The molecule has 0 aliphatic heterocycles. The van der Waals surface area contributed by atoms with Gasteiger partial charge in [-0.3, -0.25) is 0 Å². The first-order valence-electron chi connectivity index (χ1n) is 26.6.